The third-order valence-electron chi connectivity index (χ3n) is 5.72. The molecule has 1 aliphatic carbocycles. The monoisotopic (exact) mass is 411 g/mol. The van der Waals surface area contributed by atoms with E-state index in [4.69, 9.17) is 4.42 Å². The van der Waals surface area contributed by atoms with E-state index in [-0.39, 0.29) is 11.8 Å². The van der Waals surface area contributed by atoms with Crippen molar-refractivity contribution in [2.24, 2.45) is 5.92 Å². The Balaban J connectivity index is 1.29. The maximum Gasteiger partial charge on any atom is 0.267 e. The highest BCUT2D eigenvalue weighted by molar-refractivity contribution is 7.10. The van der Waals surface area contributed by atoms with Crippen LogP contribution in [0.2, 0.25) is 0 Å². The average Bonchev–Trinajstić information content (AvgIpc) is 3.35. The van der Waals surface area contributed by atoms with Crippen LogP contribution in [0.1, 0.15) is 64.0 Å². The molecule has 3 heterocycles. The van der Waals surface area contributed by atoms with Crippen LogP contribution in [0.3, 0.4) is 0 Å². The molecule has 3 aromatic rings. The zero-order chi connectivity index (χ0) is 20.4. The number of carbonyl (C=O) groups is 1. The molecule has 0 unspecified atom stereocenters. The lowest BCUT2D eigenvalue weighted by Crippen LogP contribution is -2.31. The zero-order valence-electron chi connectivity index (χ0n) is 16.9. The first-order valence-electron chi connectivity index (χ1n) is 9.96. The Morgan fingerprint density at radius 3 is 2.59 bits per heavy atom. The summed E-state index contributed by atoms with van der Waals surface area (Å²) in [5.41, 5.74) is 3.34. The Morgan fingerprint density at radius 1 is 1.14 bits per heavy atom. The molecule has 8 heteroatoms. The highest BCUT2D eigenvalue weighted by atomic mass is 32.1. The predicted octanol–water partition coefficient (Wildman–Crippen LogP) is 4.22. The number of hydrogen-bond donors (Lipinski definition) is 1. The van der Waals surface area contributed by atoms with Gasteiger partial charge in [0.15, 0.2) is 0 Å². The lowest BCUT2D eigenvalue weighted by Gasteiger charge is -2.26. The highest BCUT2D eigenvalue weighted by Gasteiger charge is 2.27. The van der Waals surface area contributed by atoms with Crippen LogP contribution in [0.4, 0.5) is 0 Å². The summed E-state index contributed by atoms with van der Waals surface area (Å²) in [5.74, 6) is 1.89. The van der Waals surface area contributed by atoms with Gasteiger partial charge in [-0.15, -0.1) is 21.5 Å². The molecule has 3 aromatic heterocycles. The van der Waals surface area contributed by atoms with Crippen molar-refractivity contribution in [3.63, 3.8) is 0 Å². The summed E-state index contributed by atoms with van der Waals surface area (Å²) in [6.45, 7) is 6.66. The van der Waals surface area contributed by atoms with Crippen molar-refractivity contribution in [3.05, 3.63) is 45.4 Å². The second-order valence-electron chi connectivity index (χ2n) is 7.75. The molecule has 1 fully saturated rings. The van der Waals surface area contributed by atoms with Gasteiger partial charge in [-0.05, 0) is 57.9 Å². The van der Waals surface area contributed by atoms with E-state index in [0.29, 0.717) is 29.9 Å². The van der Waals surface area contributed by atoms with Crippen LogP contribution in [0.15, 0.2) is 22.2 Å². The Morgan fingerprint density at radius 2 is 1.93 bits per heavy atom. The van der Waals surface area contributed by atoms with Gasteiger partial charge >= 0.3 is 0 Å². The maximum absolute atomic E-state index is 12.4. The average molecular weight is 412 g/mol. The maximum atomic E-state index is 12.4. The number of rotatable bonds is 5. The summed E-state index contributed by atoms with van der Waals surface area (Å²) < 4.78 is 5.86. The summed E-state index contributed by atoms with van der Waals surface area (Å²) in [6, 6.07) is 0. The SMILES string of the molecule is Cc1cnc(-c2nnc(C3CCC(CNC(=O)c4csc(C)c4C)CC3)o2)cn1. The number of amides is 1. The van der Waals surface area contributed by atoms with Gasteiger partial charge in [0.1, 0.15) is 5.69 Å². The normalized spacial score (nSPS) is 19.3. The lowest BCUT2D eigenvalue weighted by atomic mass is 9.82. The molecule has 1 amide bonds. The van der Waals surface area contributed by atoms with Gasteiger partial charge in [0.25, 0.3) is 11.8 Å². The summed E-state index contributed by atoms with van der Waals surface area (Å²) in [6.07, 6.45) is 7.39. The summed E-state index contributed by atoms with van der Waals surface area (Å²) in [4.78, 5) is 22.1. The highest BCUT2D eigenvalue weighted by Crippen LogP contribution is 2.35. The molecule has 0 bridgehead atoms. The molecule has 7 nitrogen and oxygen atoms in total. The van der Waals surface area contributed by atoms with Crippen LogP contribution >= 0.6 is 11.3 Å². The fourth-order valence-corrected chi connectivity index (χ4v) is 4.55. The van der Waals surface area contributed by atoms with Crippen molar-refractivity contribution in [2.75, 3.05) is 6.54 Å². The first-order valence-corrected chi connectivity index (χ1v) is 10.8. The van der Waals surface area contributed by atoms with Crippen molar-refractivity contribution in [1.29, 1.82) is 0 Å². The smallest absolute Gasteiger partial charge is 0.267 e. The third kappa shape index (κ3) is 4.37. The first kappa shape index (κ1) is 19.7. The number of thiophene rings is 1. The fraction of sp³-hybridized carbons (Fsp3) is 0.476. The van der Waals surface area contributed by atoms with Gasteiger partial charge in [-0.25, -0.2) is 4.98 Å². The molecule has 152 valence electrons. The van der Waals surface area contributed by atoms with E-state index in [1.54, 1.807) is 23.7 Å². The summed E-state index contributed by atoms with van der Waals surface area (Å²) >= 11 is 1.63. The second-order valence-corrected chi connectivity index (χ2v) is 8.83. The van der Waals surface area contributed by atoms with Crippen molar-refractivity contribution >= 4 is 17.2 Å². The van der Waals surface area contributed by atoms with Gasteiger partial charge in [0.05, 0.1) is 17.5 Å². The molecule has 1 N–H and O–H groups in total. The molecule has 29 heavy (non-hydrogen) atoms. The number of carbonyl (C=O) groups excluding carboxylic acids is 1. The van der Waals surface area contributed by atoms with Crippen molar-refractivity contribution in [3.8, 4) is 11.6 Å². The second kappa shape index (κ2) is 8.41. The Kier molecular flexibility index (Phi) is 5.71. The van der Waals surface area contributed by atoms with Crippen LogP contribution < -0.4 is 5.32 Å². The van der Waals surface area contributed by atoms with Crippen LogP contribution in [0.5, 0.6) is 0 Å². The molecular weight excluding hydrogens is 386 g/mol. The largest absolute Gasteiger partial charge is 0.419 e. The van der Waals surface area contributed by atoms with Gasteiger partial charge in [-0.3, -0.25) is 9.78 Å². The van der Waals surface area contributed by atoms with Crippen LogP contribution in [0, 0.1) is 26.7 Å². The number of aromatic nitrogens is 4. The molecule has 0 saturated heterocycles. The van der Waals surface area contributed by atoms with E-state index in [0.717, 1.165) is 42.5 Å². The third-order valence-corrected chi connectivity index (χ3v) is 6.73. The van der Waals surface area contributed by atoms with Crippen LogP contribution in [-0.2, 0) is 0 Å². The van der Waals surface area contributed by atoms with Gasteiger partial charge < -0.3 is 9.73 Å². The van der Waals surface area contributed by atoms with Crippen LogP contribution in [0.25, 0.3) is 11.6 Å². The minimum atomic E-state index is 0.0368. The molecule has 1 saturated carbocycles. The Bertz CT molecular complexity index is 987. The van der Waals surface area contributed by atoms with Gasteiger partial charge in [0, 0.05) is 28.9 Å². The topological polar surface area (TPSA) is 93.8 Å². The minimum Gasteiger partial charge on any atom is -0.419 e. The van der Waals surface area contributed by atoms with E-state index in [2.05, 4.69) is 25.5 Å². The van der Waals surface area contributed by atoms with Crippen LogP contribution in [-0.4, -0.2) is 32.6 Å². The number of aryl methyl sites for hydroxylation is 2. The van der Waals surface area contributed by atoms with Crippen molar-refractivity contribution < 1.29 is 9.21 Å². The van der Waals surface area contributed by atoms with E-state index < -0.39 is 0 Å². The van der Waals surface area contributed by atoms with Crippen molar-refractivity contribution in [1.82, 2.24) is 25.5 Å². The Hall–Kier alpha value is -2.61. The zero-order valence-corrected chi connectivity index (χ0v) is 17.8. The lowest BCUT2D eigenvalue weighted by molar-refractivity contribution is 0.0942. The van der Waals surface area contributed by atoms with E-state index >= 15 is 0 Å². The number of nitrogens with one attached hydrogen (secondary N) is 1. The summed E-state index contributed by atoms with van der Waals surface area (Å²) in [7, 11) is 0. The molecule has 1 aliphatic rings. The molecule has 0 aliphatic heterocycles. The number of nitrogens with zero attached hydrogens (tertiary/aromatic N) is 4. The van der Waals surface area contributed by atoms with E-state index in [9.17, 15) is 4.79 Å². The van der Waals surface area contributed by atoms with E-state index in [1.807, 2.05) is 26.2 Å². The standard InChI is InChI=1S/C21H25N5O2S/c1-12-8-23-18(10-22-12)21-26-25-20(28-21)16-6-4-15(5-7-16)9-24-19(27)17-11-29-14(3)13(17)2/h8,10-11,15-16H,4-7,9H2,1-3H3,(H,24,27). The molecule has 0 atom stereocenters. The van der Waals surface area contributed by atoms with Gasteiger partial charge in [0.2, 0.25) is 5.89 Å². The quantitative estimate of drug-likeness (QED) is 0.676. The predicted molar refractivity (Wildman–Crippen MR) is 111 cm³/mol. The molecule has 4 rings (SSSR count). The summed E-state index contributed by atoms with van der Waals surface area (Å²) in [5, 5.41) is 13.4. The minimum absolute atomic E-state index is 0.0368. The first-order chi connectivity index (χ1) is 14.0. The fourth-order valence-electron chi connectivity index (χ4n) is 3.69. The van der Waals surface area contributed by atoms with Gasteiger partial charge in [-0.1, -0.05) is 0 Å². The Labute approximate surface area is 174 Å². The molecule has 0 radical (unpaired) electrons. The molecule has 0 aromatic carbocycles. The number of hydrogen-bond acceptors (Lipinski definition) is 7. The van der Waals surface area contributed by atoms with Crippen molar-refractivity contribution in [2.45, 2.75) is 52.4 Å². The molecular formula is C21H25N5O2S. The molecule has 0 spiro atoms. The van der Waals surface area contributed by atoms with E-state index in [1.165, 1.54) is 4.88 Å². The van der Waals surface area contributed by atoms with Gasteiger partial charge in [-0.2, -0.15) is 0 Å².